The van der Waals surface area contributed by atoms with E-state index in [-0.39, 0.29) is 18.2 Å². The fourth-order valence-corrected chi connectivity index (χ4v) is 4.28. The molecule has 0 saturated carbocycles. The van der Waals surface area contributed by atoms with E-state index in [1.807, 2.05) is 37.4 Å². The van der Waals surface area contributed by atoms with E-state index in [4.69, 9.17) is 0 Å². The lowest BCUT2D eigenvalue weighted by Crippen LogP contribution is -2.31. The van der Waals surface area contributed by atoms with Crippen molar-refractivity contribution >= 4 is 34.4 Å². The summed E-state index contributed by atoms with van der Waals surface area (Å²) in [5, 5.41) is 5.24. The molecule has 0 bridgehead atoms. The molecule has 5 rings (SSSR count). The van der Waals surface area contributed by atoms with Gasteiger partial charge in [0.05, 0.1) is 30.1 Å². The maximum absolute atomic E-state index is 15.5. The van der Waals surface area contributed by atoms with Gasteiger partial charge in [-0.15, -0.1) is 0 Å². The first-order valence-corrected chi connectivity index (χ1v) is 12.1. The van der Waals surface area contributed by atoms with Crippen molar-refractivity contribution in [1.82, 2.24) is 14.8 Å². The van der Waals surface area contributed by atoms with E-state index in [1.165, 1.54) is 24.0 Å². The average Bonchev–Trinajstić information content (AvgIpc) is 3.31. The molecule has 0 spiro atoms. The number of ketones is 1. The average molecular weight is 505 g/mol. The summed E-state index contributed by atoms with van der Waals surface area (Å²) in [4.78, 5) is 30.7. The van der Waals surface area contributed by atoms with Gasteiger partial charge in [-0.05, 0) is 72.2 Å². The molecule has 5 aromatic rings. The van der Waals surface area contributed by atoms with Crippen molar-refractivity contribution in [2.75, 3.05) is 4.90 Å². The van der Waals surface area contributed by atoms with Crippen LogP contribution in [0, 0.1) is 5.82 Å². The number of aromatic nitrogens is 3. The largest absolute Gasteiger partial charge is 0.302 e. The highest BCUT2D eigenvalue weighted by Crippen LogP contribution is 2.28. The van der Waals surface area contributed by atoms with Crippen LogP contribution in [0.5, 0.6) is 0 Å². The van der Waals surface area contributed by atoms with Gasteiger partial charge in [0.1, 0.15) is 5.82 Å². The van der Waals surface area contributed by atoms with Crippen molar-refractivity contribution in [1.29, 1.82) is 0 Å². The highest BCUT2D eigenvalue weighted by atomic mass is 19.1. The van der Waals surface area contributed by atoms with Gasteiger partial charge in [0.2, 0.25) is 0 Å². The number of carbonyl (C=O) groups is 2. The highest BCUT2D eigenvalue weighted by molar-refractivity contribution is 6.06. The van der Waals surface area contributed by atoms with Crippen molar-refractivity contribution in [2.45, 2.75) is 13.5 Å². The van der Waals surface area contributed by atoms with Crippen LogP contribution in [0.4, 0.5) is 10.1 Å². The Hall–Kier alpha value is -4.91. The number of rotatable bonds is 7. The summed E-state index contributed by atoms with van der Waals surface area (Å²) in [6.07, 6.45) is 8.01. The summed E-state index contributed by atoms with van der Waals surface area (Å²) < 4.78 is 17.3. The van der Waals surface area contributed by atoms with Crippen LogP contribution in [0.25, 0.3) is 28.1 Å². The fraction of sp³-hybridized carbons (Fsp3) is 0.0968. The summed E-state index contributed by atoms with van der Waals surface area (Å²) in [5.74, 6) is -0.803. The number of hydrogen-bond donors (Lipinski definition) is 0. The molecule has 0 atom stereocenters. The Kier molecular flexibility index (Phi) is 6.91. The lowest BCUT2D eigenvalue weighted by Gasteiger charge is -2.23. The van der Waals surface area contributed by atoms with Crippen LogP contribution in [-0.2, 0) is 18.4 Å². The molecule has 0 unspecified atom stereocenters. The van der Waals surface area contributed by atoms with Crippen LogP contribution < -0.4 is 4.90 Å². The van der Waals surface area contributed by atoms with E-state index < -0.39 is 5.82 Å². The Morgan fingerprint density at radius 3 is 2.47 bits per heavy atom. The number of nitrogens with zero attached hydrogens (tertiary/aromatic N) is 4. The number of aryl methyl sites for hydroxylation is 1. The van der Waals surface area contributed by atoms with E-state index in [0.29, 0.717) is 22.4 Å². The minimum Gasteiger partial charge on any atom is -0.302 e. The molecule has 0 radical (unpaired) electrons. The maximum atomic E-state index is 15.5. The third kappa shape index (κ3) is 5.27. The van der Waals surface area contributed by atoms with Gasteiger partial charge < -0.3 is 4.90 Å². The summed E-state index contributed by atoms with van der Waals surface area (Å²) in [5.41, 5.74) is 4.59. The number of anilines is 1. The molecule has 0 aliphatic heterocycles. The van der Waals surface area contributed by atoms with Crippen molar-refractivity contribution in [2.24, 2.45) is 7.05 Å². The monoisotopic (exact) mass is 504 g/mol. The topological polar surface area (TPSA) is 68.1 Å². The van der Waals surface area contributed by atoms with E-state index >= 15 is 4.39 Å². The number of fused-ring (bicyclic) bond motifs is 1. The number of amides is 1. The third-order valence-electron chi connectivity index (χ3n) is 6.29. The zero-order valence-electron chi connectivity index (χ0n) is 21.0. The first kappa shape index (κ1) is 24.8. The van der Waals surface area contributed by atoms with Crippen LogP contribution in [0.3, 0.4) is 0 Å². The van der Waals surface area contributed by atoms with Crippen LogP contribution >= 0.6 is 0 Å². The molecule has 188 valence electrons. The van der Waals surface area contributed by atoms with Crippen molar-refractivity contribution in [3.8, 4) is 11.1 Å². The van der Waals surface area contributed by atoms with Gasteiger partial charge in [-0.2, -0.15) is 5.10 Å². The SMILES string of the molecule is CC(=O)/C=C/c1cncc(N(Cc2ccc(-c3ccc4c(cnn4C)c3)cc2F)C(=O)c2ccccc2)c1. The highest BCUT2D eigenvalue weighted by Gasteiger charge is 2.20. The molecule has 7 heteroatoms. The van der Waals surface area contributed by atoms with Gasteiger partial charge >= 0.3 is 0 Å². The molecule has 6 nitrogen and oxygen atoms in total. The van der Waals surface area contributed by atoms with E-state index in [1.54, 1.807) is 65.7 Å². The summed E-state index contributed by atoms with van der Waals surface area (Å²) in [6, 6.07) is 21.5. The Morgan fingerprint density at radius 1 is 0.947 bits per heavy atom. The van der Waals surface area contributed by atoms with Gasteiger partial charge in [0, 0.05) is 29.8 Å². The van der Waals surface area contributed by atoms with Crippen molar-refractivity contribution < 1.29 is 14.0 Å². The molecule has 2 heterocycles. The quantitative estimate of drug-likeness (QED) is 0.247. The third-order valence-corrected chi connectivity index (χ3v) is 6.29. The standard InChI is InChI=1S/C31H25FN4O2/c1-21(37)8-9-22-14-28(19-33-17-22)36(31(38)23-6-4-3-5-7-23)20-26-11-10-25(16-29(26)32)24-12-13-30-27(15-24)18-34-35(30)2/h3-19H,20H2,1-2H3/b9-8+. The predicted molar refractivity (Wildman–Crippen MR) is 147 cm³/mol. The molecule has 0 saturated heterocycles. The van der Waals surface area contributed by atoms with Crippen LogP contribution in [-0.4, -0.2) is 26.5 Å². The number of benzene rings is 3. The molecule has 1 amide bonds. The molecule has 0 aliphatic rings. The molecule has 38 heavy (non-hydrogen) atoms. The molecule has 3 aromatic carbocycles. The van der Waals surface area contributed by atoms with Gasteiger partial charge in [-0.1, -0.05) is 36.4 Å². The van der Waals surface area contributed by atoms with Gasteiger partial charge in [-0.25, -0.2) is 4.39 Å². The maximum Gasteiger partial charge on any atom is 0.258 e. The number of hydrogen-bond acceptors (Lipinski definition) is 4. The van der Waals surface area contributed by atoms with E-state index in [9.17, 15) is 9.59 Å². The first-order chi connectivity index (χ1) is 18.4. The lowest BCUT2D eigenvalue weighted by molar-refractivity contribution is -0.112. The molecular formula is C31H25FN4O2. The van der Waals surface area contributed by atoms with Crippen molar-refractivity contribution in [3.63, 3.8) is 0 Å². The second-order valence-corrected chi connectivity index (χ2v) is 9.03. The second-order valence-electron chi connectivity index (χ2n) is 9.03. The van der Waals surface area contributed by atoms with Crippen LogP contribution in [0.2, 0.25) is 0 Å². The van der Waals surface area contributed by atoms with Gasteiger partial charge in [-0.3, -0.25) is 19.3 Å². The zero-order chi connectivity index (χ0) is 26.6. The number of allylic oxidation sites excluding steroid dienone is 1. The Balaban J connectivity index is 1.49. The predicted octanol–water partition coefficient (Wildman–Crippen LogP) is 6.22. The molecule has 0 fully saturated rings. The van der Waals surface area contributed by atoms with E-state index in [2.05, 4.69) is 10.1 Å². The smallest absolute Gasteiger partial charge is 0.258 e. The fourth-order valence-electron chi connectivity index (χ4n) is 4.28. The minimum atomic E-state index is -0.416. The normalized spacial score (nSPS) is 11.2. The zero-order valence-corrected chi connectivity index (χ0v) is 21.0. The Morgan fingerprint density at radius 2 is 1.71 bits per heavy atom. The summed E-state index contributed by atoms with van der Waals surface area (Å²) in [7, 11) is 1.88. The molecule has 0 aliphatic carbocycles. The molecule has 0 N–H and O–H groups in total. The lowest BCUT2D eigenvalue weighted by atomic mass is 10.0. The second kappa shape index (κ2) is 10.6. The van der Waals surface area contributed by atoms with E-state index in [0.717, 1.165) is 22.0 Å². The summed E-state index contributed by atoms with van der Waals surface area (Å²) in [6.45, 7) is 1.46. The minimum absolute atomic E-state index is 0.00301. The Bertz CT molecular complexity index is 1670. The van der Waals surface area contributed by atoms with Gasteiger partial charge in [0.15, 0.2) is 5.78 Å². The number of carbonyl (C=O) groups excluding carboxylic acids is 2. The number of halogens is 1. The van der Waals surface area contributed by atoms with Crippen LogP contribution in [0.15, 0.2) is 97.5 Å². The van der Waals surface area contributed by atoms with Crippen molar-refractivity contribution in [3.05, 3.63) is 120 Å². The van der Waals surface area contributed by atoms with Crippen LogP contribution in [0.1, 0.15) is 28.4 Å². The Labute approximate surface area is 219 Å². The number of pyridine rings is 1. The molecular weight excluding hydrogens is 479 g/mol. The summed E-state index contributed by atoms with van der Waals surface area (Å²) >= 11 is 0. The molecule has 2 aromatic heterocycles. The first-order valence-electron chi connectivity index (χ1n) is 12.1. The van der Waals surface area contributed by atoms with Gasteiger partial charge in [0.25, 0.3) is 5.91 Å².